The van der Waals surface area contributed by atoms with E-state index >= 15 is 0 Å². The molecule has 0 saturated carbocycles. The van der Waals surface area contributed by atoms with Crippen LogP contribution in [0.1, 0.15) is 64.5 Å². The van der Waals surface area contributed by atoms with Crippen LogP contribution in [-0.2, 0) is 29.3 Å². The van der Waals surface area contributed by atoms with Crippen LogP contribution in [0.2, 0.25) is 0 Å². The predicted octanol–water partition coefficient (Wildman–Crippen LogP) is 8.27. The van der Waals surface area contributed by atoms with E-state index in [1.165, 1.54) is 0 Å². The van der Waals surface area contributed by atoms with E-state index in [2.05, 4.69) is 0 Å². The molecule has 0 amide bonds. The number of carboxylic acid groups (broad SMARTS) is 1. The highest BCUT2D eigenvalue weighted by molar-refractivity contribution is 5.91. The summed E-state index contributed by atoms with van der Waals surface area (Å²) in [5, 5.41) is 9.46. The number of carbonyl (C=O) groups excluding carboxylic acids is 2. The molecular formula is C39H34O7. The molecule has 0 aromatic heterocycles. The molecule has 0 atom stereocenters. The van der Waals surface area contributed by atoms with Gasteiger partial charge in [-0.05, 0) is 114 Å². The zero-order valence-corrected chi connectivity index (χ0v) is 25.9. The minimum Gasteiger partial charge on any atom is -0.489 e. The van der Waals surface area contributed by atoms with Gasteiger partial charge in [0.15, 0.2) is 0 Å². The van der Waals surface area contributed by atoms with Crippen molar-refractivity contribution in [2.45, 2.75) is 40.6 Å². The first-order chi connectivity index (χ1) is 22.2. The van der Waals surface area contributed by atoms with Crippen LogP contribution in [0.3, 0.4) is 0 Å². The van der Waals surface area contributed by atoms with Gasteiger partial charge in [0.1, 0.15) is 25.6 Å². The highest BCUT2D eigenvalue weighted by atomic mass is 16.5. The molecule has 0 saturated heterocycles. The van der Waals surface area contributed by atoms with E-state index in [0.29, 0.717) is 28.0 Å². The van der Waals surface area contributed by atoms with E-state index in [1.807, 2.05) is 69.3 Å². The second-order valence-electron chi connectivity index (χ2n) is 11.0. The number of hydrogen-bond donors (Lipinski definition) is 1. The molecule has 0 spiro atoms. The fourth-order valence-corrected chi connectivity index (χ4v) is 5.36. The molecule has 7 nitrogen and oxygen atoms in total. The average Bonchev–Trinajstić information content (AvgIpc) is 3.07. The predicted molar refractivity (Wildman–Crippen MR) is 175 cm³/mol. The third-order valence-corrected chi connectivity index (χ3v) is 7.73. The standard InChI is InChI=1S/C39H34O7/c1-25-19-32(37(40)41)20-26(2)36(25)34-15-10-16-35(27(34)3)44-22-28-17-18-31(23-45-38(42)29-11-6-4-7-12-29)33(21-28)24-46-39(43)30-13-8-5-9-14-30/h4-21H,22-24H2,1-3H3,(H,40,41). The van der Waals surface area contributed by atoms with Gasteiger partial charge in [-0.1, -0.05) is 60.7 Å². The Balaban J connectivity index is 1.36. The van der Waals surface area contributed by atoms with E-state index in [9.17, 15) is 19.5 Å². The zero-order valence-electron chi connectivity index (χ0n) is 25.9. The fourth-order valence-electron chi connectivity index (χ4n) is 5.36. The molecule has 7 heteroatoms. The molecule has 0 unspecified atom stereocenters. The zero-order chi connectivity index (χ0) is 32.6. The summed E-state index contributed by atoms with van der Waals surface area (Å²) in [6, 6.07) is 32.3. The quantitative estimate of drug-likeness (QED) is 0.150. The molecule has 0 aliphatic heterocycles. The normalized spacial score (nSPS) is 10.7. The van der Waals surface area contributed by atoms with Gasteiger partial charge in [-0.2, -0.15) is 0 Å². The second-order valence-corrected chi connectivity index (χ2v) is 11.0. The molecule has 0 aliphatic rings. The molecule has 0 aliphatic carbocycles. The Morgan fingerprint density at radius 3 is 1.72 bits per heavy atom. The molecule has 0 heterocycles. The molecule has 5 rings (SSSR count). The second kappa shape index (κ2) is 14.4. The lowest BCUT2D eigenvalue weighted by Crippen LogP contribution is -2.10. The number of carboxylic acids is 1. The first-order valence-corrected chi connectivity index (χ1v) is 14.8. The Kier molecular flexibility index (Phi) is 9.93. The van der Waals surface area contributed by atoms with Crippen LogP contribution in [0.4, 0.5) is 0 Å². The van der Waals surface area contributed by atoms with Crippen molar-refractivity contribution in [1.29, 1.82) is 0 Å². The topological polar surface area (TPSA) is 99.1 Å². The highest BCUT2D eigenvalue weighted by Gasteiger charge is 2.16. The van der Waals surface area contributed by atoms with Crippen LogP contribution in [0.5, 0.6) is 5.75 Å². The molecule has 0 radical (unpaired) electrons. The third-order valence-electron chi connectivity index (χ3n) is 7.73. The van der Waals surface area contributed by atoms with Crippen LogP contribution in [0.15, 0.2) is 109 Å². The van der Waals surface area contributed by atoms with Crippen LogP contribution >= 0.6 is 0 Å². The van der Waals surface area contributed by atoms with Gasteiger partial charge in [0, 0.05) is 0 Å². The molecule has 0 bridgehead atoms. The largest absolute Gasteiger partial charge is 0.489 e. The summed E-state index contributed by atoms with van der Waals surface area (Å²) >= 11 is 0. The van der Waals surface area contributed by atoms with Crippen molar-refractivity contribution < 1.29 is 33.7 Å². The van der Waals surface area contributed by atoms with E-state index < -0.39 is 17.9 Å². The Hall–Kier alpha value is -5.69. The van der Waals surface area contributed by atoms with E-state index in [1.54, 1.807) is 60.7 Å². The number of ether oxygens (including phenoxy) is 3. The molecule has 232 valence electrons. The van der Waals surface area contributed by atoms with Crippen molar-refractivity contribution in [1.82, 2.24) is 0 Å². The van der Waals surface area contributed by atoms with Gasteiger partial charge in [-0.3, -0.25) is 0 Å². The summed E-state index contributed by atoms with van der Waals surface area (Å²) in [6.07, 6.45) is 0. The minimum atomic E-state index is -0.957. The summed E-state index contributed by atoms with van der Waals surface area (Å²) < 4.78 is 17.5. The van der Waals surface area contributed by atoms with Gasteiger partial charge in [0.25, 0.3) is 0 Å². The summed E-state index contributed by atoms with van der Waals surface area (Å²) in [5.74, 6) is -1.17. The van der Waals surface area contributed by atoms with Gasteiger partial charge in [-0.25, -0.2) is 14.4 Å². The monoisotopic (exact) mass is 614 g/mol. The minimum absolute atomic E-state index is 0.00755. The molecule has 5 aromatic carbocycles. The number of rotatable bonds is 11. The van der Waals surface area contributed by atoms with Crippen LogP contribution in [0, 0.1) is 20.8 Å². The lowest BCUT2D eigenvalue weighted by Gasteiger charge is -2.18. The van der Waals surface area contributed by atoms with Gasteiger partial charge in [0.05, 0.1) is 16.7 Å². The van der Waals surface area contributed by atoms with Gasteiger partial charge < -0.3 is 19.3 Å². The number of benzene rings is 5. The number of carbonyl (C=O) groups is 3. The molecule has 0 fully saturated rings. The van der Waals surface area contributed by atoms with E-state index in [0.717, 1.165) is 33.4 Å². The Morgan fingerprint density at radius 2 is 1.15 bits per heavy atom. The maximum atomic E-state index is 12.7. The molecule has 46 heavy (non-hydrogen) atoms. The SMILES string of the molecule is Cc1cc(C(=O)O)cc(C)c1-c1cccc(OCc2ccc(COC(=O)c3ccccc3)c(COC(=O)c3ccccc3)c2)c1C. The fraction of sp³-hybridized carbons (Fsp3) is 0.154. The molecular weight excluding hydrogens is 580 g/mol. The smallest absolute Gasteiger partial charge is 0.338 e. The summed E-state index contributed by atoms with van der Waals surface area (Å²) in [7, 11) is 0. The van der Waals surface area contributed by atoms with Gasteiger partial charge >= 0.3 is 17.9 Å². The highest BCUT2D eigenvalue weighted by Crippen LogP contribution is 2.35. The average molecular weight is 615 g/mol. The number of hydrogen-bond acceptors (Lipinski definition) is 6. The lowest BCUT2D eigenvalue weighted by atomic mass is 9.91. The number of aryl methyl sites for hydroxylation is 2. The Labute approximate surface area is 268 Å². The van der Waals surface area contributed by atoms with Crippen molar-refractivity contribution in [3.63, 3.8) is 0 Å². The maximum absolute atomic E-state index is 12.7. The maximum Gasteiger partial charge on any atom is 0.338 e. The molecule has 5 aromatic rings. The van der Waals surface area contributed by atoms with Crippen molar-refractivity contribution in [2.24, 2.45) is 0 Å². The lowest BCUT2D eigenvalue weighted by molar-refractivity contribution is 0.0435. The van der Waals surface area contributed by atoms with Crippen molar-refractivity contribution in [2.75, 3.05) is 0 Å². The summed E-state index contributed by atoms with van der Waals surface area (Å²) in [6.45, 7) is 6.03. The van der Waals surface area contributed by atoms with Crippen molar-refractivity contribution >= 4 is 17.9 Å². The molecule has 1 N–H and O–H groups in total. The van der Waals surface area contributed by atoms with E-state index in [-0.39, 0.29) is 25.4 Å². The van der Waals surface area contributed by atoms with Crippen LogP contribution in [0.25, 0.3) is 11.1 Å². The number of esters is 2. The van der Waals surface area contributed by atoms with Gasteiger partial charge in [-0.15, -0.1) is 0 Å². The number of aromatic carboxylic acids is 1. The first-order valence-electron chi connectivity index (χ1n) is 14.8. The summed E-state index contributed by atoms with van der Waals surface area (Å²) in [5.41, 5.74) is 8.01. The van der Waals surface area contributed by atoms with E-state index in [4.69, 9.17) is 14.2 Å². The van der Waals surface area contributed by atoms with Gasteiger partial charge in [0.2, 0.25) is 0 Å². The van der Waals surface area contributed by atoms with Crippen molar-refractivity contribution in [3.05, 3.63) is 159 Å². The van der Waals surface area contributed by atoms with Crippen LogP contribution < -0.4 is 4.74 Å². The Bertz CT molecular complexity index is 1860. The summed E-state index contributed by atoms with van der Waals surface area (Å²) in [4.78, 5) is 36.8. The third kappa shape index (κ3) is 7.50. The van der Waals surface area contributed by atoms with Crippen molar-refractivity contribution in [3.8, 4) is 16.9 Å². The first kappa shape index (κ1) is 31.7. The van der Waals surface area contributed by atoms with Crippen LogP contribution in [-0.4, -0.2) is 23.0 Å². The Morgan fingerprint density at radius 1 is 0.587 bits per heavy atom.